The van der Waals surface area contributed by atoms with E-state index in [0.29, 0.717) is 18.7 Å². The third kappa shape index (κ3) is 5.06. The molecule has 0 aliphatic carbocycles. The molecule has 0 unspecified atom stereocenters. The van der Waals surface area contributed by atoms with Gasteiger partial charge < -0.3 is 9.32 Å². The molecule has 0 bridgehead atoms. The van der Waals surface area contributed by atoms with E-state index in [1.165, 1.54) is 12.1 Å². The second-order valence-electron chi connectivity index (χ2n) is 8.72. The molecule has 0 saturated carbocycles. The van der Waals surface area contributed by atoms with Crippen LogP contribution in [-0.4, -0.2) is 47.5 Å². The number of nitrogens with zero attached hydrogens (tertiary/aromatic N) is 3. The van der Waals surface area contributed by atoms with Gasteiger partial charge in [-0.05, 0) is 61.6 Å². The fraction of sp³-hybridized carbons (Fsp3) is 0.391. The van der Waals surface area contributed by atoms with E-state index in [1.54, 1.807) is 31.7 Å². The van der Waals surface area contributed by atoms with E-state index in [0.717, 1.165) is 24.5 Å². The maximum absolute atomic E-state index is 14.9. The number of amides is 1. The van der Waals surface area contributed by atoms with Gasteiger partial charge in [0.05, 0.1) is 5.02 Å². The fourth-order valence-electron chi connectivity index (χ4n) is 4.29. The standard InChI is InChI=1S/C23H25ClFN5O5S/c1-12-6-8-16(25)18(13(12)2)14(3)19(21-27-28-23(32)35-21)29-36(33,34)17-9-7-15(24)20(26-17)22(31)30-10-4-5-11-30/h6-9,14,19,29H,4-5,10-11H2,1-3H3,(H,28,32)/t14-,19+/m1/s1. The number of likely N-dealkylation sites (tertiary alicyclic amines) is 1. The van der Waals surface area contributed by atoms with Crippen LogP contribution in [0.2, 0.25) is 5.02 Å². The third-order valence-electron chi connectivity index (χ3n) is 6.38. The molecule has 2 aromatic heterocycles. The van der Waals surface area contributed by atoms with Crippen molar-refractivity contribution >= 4 is 27.5 Å². The molecular formula is C23H25ClFN5O5S. The predicted octanol–water partition coefficient (Wildman–Crippen LogP) is 3.23. The second kappa shape index (κ2) is 10.1. The summed E-state index contributed by atoms with van der Waals surface area (Å²) < 4.78 is 49.2. The number of aromatic nitrogens is 3. The van der Waals surface area contributed by atoms with Gasteiger partial charge in [0.2, 0.25) is 5.89 Å². The van der Waals surface area contributed by atoms with E-state index in [2.05, 4.69) is 19.9 Å². The minimum absolute atomic E-state index is 0.0199. The first-order valence-electron chi connectivity index (χ1n) is 11.3. The summed E-state index contributed by atoms with van der Waals surface area (Å²) in [5.41, 5.74) is 1.47. The van der Waals surface area contributed by atoms with E-state index in [4.69, 9.17) is 16.0 Å². The molecule has 2 atom stereocenters. The zero-order valence-corrected chi connectivity index (χ0v) is 21.4. The van der Waals surface area contributed by atoms with Crippen molar-refractivity contribution in [1.82, 2.24) is 24.8 Å². The lowest BCUT2D eigenvalue weighted by atomic mass is 9.88. The summed E-state index contributed by atoms with van der Waals surface area (Å²) in [5.74, 6) is -3.03. The number of halogens is 2. The average molecular weight is 538 g/mol. The molecule has 0 radical (unpaired) electrons. The number of hydrogen-bond acceptors (Lipinski definition) is 7. The van der Waals surface area contributed by atoms with E-state index >= 15 is 0 Å². The monoisotopic (exact) mass is 537 g/mol. The Morgan fingerprint density at radius 2 is 1.92 bits per heavy atom. The van der Waals surface area contributed by atoms with Crippen molar-refractivity contribution in [3.05, 3.63) is 73.9 Å². The number of hydrogen-bond donors (Lipinski definition) is 2. The molecule has 192 valence electrons. The summed E-state index contributed by atoms with van der Waals surface area (Å²) in [6.07, 6.45) is 1.68. The number of benzene rings is 1. The molecule has 1 aliphatic rings. The largest absolute Gasteiger partial charge is 0.434 e. The summed E-state index contributed by atoms with van der Waals surface area (Å²) in [4.78, 5) is 30.1. The molecule has 1 saturated heterocycles. The minimum atomic E-state index is -4.41. The molecule has 1 aliphatic heterocycles. The number of carbonyl (C=O) groups is 1. The first kappa shape index (κ1) is 26.0. The number of carbonyl (C=O) groups excluding carboxylic acids is 1. The van der Waals surface area contributed by atoms with Crippen molar-refractivity contribution in [3.8, 4) is 0 Å². The summed E-state index contributed by atoms with van der Waals surface area (Å²) in [5, 5.41) is 5.43. The van der Waals surface area contributed by atoms with Crippen molar-refractivity contribution in [1.29, 1.82) is 0 Å². The summed E-state index contributed by atoms with van der Waals surface area (Å²) >= 11 is 6.17. The molecular weight excluding hydrogens is 513 g/mol. The van der Waals surface area contributed by atoms with Crippen molar-refractivity contribution in [2.45, 2.75) is 50.6 Å². The van der Waals surface area contributed by atoms with Gasteiger partial charge in [0, 0.05) is 19.0 Å². The molecule has 3 heterocycles. The second-order valence-corrected chi connectivity index (χ2v) is 10.8. The highest BCUT2D eigenvalue weighted by Crippen LogP contribution is 2.35. The van der Waals surface area contributed by atoms with Crippen LogP contribution in [-0.2, 0) is 10.0 Å². The highest BCUT2D eigenvalue weighted by Gasteiger charge is 2.34. The topological polar surface area (TPSA) is 138 Å². The smallest absolute Gasteiger partial charge is 0.391 e. The molecule has 36 heavy (non-hydrogen) atoms. The van der Waals surface area contributed by atoms with Crippen LogP contribution < -0.4 is 10.5 Å². The first-order chi connectivity index (χ1) is 17.0. The van der Waals surface area contributed by atoms with Gasteiger partial charge in [-0.15, -0.1) is 5.10 Å². The lowest BCUT2D eigenvalue weighted by molar-refractivity contribution is 0.0786. The van der Waals surface area contributed by atoms with Crippen LogP contribution in [0.3, 0.4) is 0 Å². The van der Waals surface area contributed by atoms with E-state index in [-0.39, 0.29) is 22.2 Å². The number of H-pyrrole nitrogens is 1. The maximum Gasteiger partial charge on any atom is 0.434 e. The van der Waals surface area contributed by atoms with Crippen molar-refractivity contribution in [2.24, 2.45) is 0 Å². The normalized spacial score (nSPS) is 15.8. The molecule has 3 aromatic rings. The Balaban J connectivity index is 1.74. The van der Waals surface area contributed by atoms with Crippen LogP contribution in [0, 0.1) is 19.7 Å². The van der Waals surface area contributed by atoms with Gasteiger partial charge in [-0.2, -0.15) is 4.72 Å². The van der Waals surface area contributed by atoms with Gasteiger partial charge in [-0.1, -0.05) is 24.6 Å². The van der Waals surface area contributed by atoms with Gasteiger partial charge >= 0.3 is 5.76 Å². The molecule has 1 amide bonds. The first-order valence-corrected chi connectivity index (χ1v) is 13.1. The Bertz CT molecular complexity index is 1470. The SMILES string of the molecule is Cc1ccc(F)c([C@@H](C)[C@H](NS(=O)(=O)c2ccc(Cl)c(C(=O)N3CCCC3)n2)c2n[nH]c(=O)o2)c1C. The average Bonchev–Trinajstić information content (AvgIpc) is 3.52. The lowest BCUT2D eigenvalue weighted by Crippen LogP contribution is -2.34. The summed E-state index contributed by atoms with van der Waals surface area (Å²) in [6.45, 7) is 6.17. The zero-order chi connectivity index (χ0) is 26.2. The number of nitrogens with one attached hydrogen (secondary N) is 2. The fourth-order valence-corrected chi connectivity index (χ4v) is 5.70. The minimum Gasteiger partial charge on any atom is -0.391 e. The molecule has 2 N–H and O–H groups in total. The van der Waals surface area contributed by atoms with Crippen LogP contribution >= 0.6 is 11.6 Å². The van der Waals surface area contributed by atoms with Crippen LogP contribution in [0.15, 0.2) is 38.5 Å². The van der Waals surface area contributed by atoms with Crippen LogP contribution in [0.4, 0.5) is 4.39 Å². The highest BCUT2D eigenvalue weighted by molar-refractivity contribution is 7.89. The molecule has 13 heteroatoms. The molecule has 0 spiro atoms. The van der Waals surface area contributed by atoms with E-state index < -0.39 is 44.5 Å². The Labute approximate surface area is 211 Å². The Hall–Kier alpha value is -3.09. The van der Waals surface area contributed by atoms with Crippen LogP contribution in [0.25, 0.3) is 0 Å². The van der Waals surface area contributed by atoms with Gasteiger partial charge in [0.1, 0.15) is 17.6 Å². The van der Waals surface area contributed by atoms with Crippen LogP contribution in [0.1, 0.15) is 64.8 Å². The Kier molecular flexibility index (Phi) is 7.30. The Morgan fingerprint density at radius 1 is 1.22 bits per heavy atom. The van der Waals surface area contributed by atoms with E-state index in [1.807, 2.05) is 0 Å². The number of pyridine rings is 1. The summed E-state index contributed by atoms with van der Waals surface area (Å²) in [6, 6.07) is 4.07. The zero-order valence-electron chi connectivity index (χ0n) is 19.8. The molecule has 4 rings (SSSR count). The third-order valence-corrected chi connectivity index (χ3v) is 8.03. The highest BCUT2D eigenvalue weighted by atomic mass is 35.5. The number of aromatic amines is 1. The molecule has 10 nitrogen and oxygen atoms in total. The maximum atomic E-state index is 14.9. The van der Waals surface area contributed by atoms with Crippen molar-refractivity contribution in [3.63, 3.8) is 0 Å². The van der Waals surface area contributed by atoms with Crippen molar-refractivity contribution < 1.29 is 22.0 Å². The lowest BCUT2D eigenvalue weighted by Gasteiger charge is -2.25. The number of sulfonamides is 1. The van der Waals surface area contributed by atoms with Crippen LogP contribution in [0.5, 0.6) is 0 Å². The predicted molar refractivity (Wildman–Crippen MR) is 129 cm³/mol. The van der Waals surface area contributed by atoms with E-state index in [9.17, 15) is 22.4 Å². The molecule has 1 fully saturated rings. The Morgan fingerprint density at radius 3 is 2.56 bits per heavy atom. The van der Waals surface area contributed by atoms with Gasteiger partial charge in [-0.3, -0.25) is 4.79 Å². The number of rotatable bonds is 7. The van der Waals surface area contributed by atoms with Gasteiger partial charge in [0.25, 0.3) is 15.9 Å². The molecule has 1 aromatic carbocycles. The van der Waals surface area contributed by atoms with Crippen molar-refractivity contribution in [2.75, 3.05) is 13.1 Å². The quantitative estimate of drug-likeness (QED) is 0.472. The van der Waals surface area contributed by atoms with Gasteiger partial charge in [0.15, 0.2) is 5.03 Å². The van der Waals surface area contributed by atoms with Gasteiger partial charge in [-0.25, -0.2) is 27.7 Å². The summed E-state index contributed by atoms with van der Waals surface area (Å²) in [7, 11) is -4.41. The number of aryl methyl sites for hydroxylation is 1.